The molecule has 6 heteroatoms. The summed E-state index contributed by atoms with van der Waals surface area (Å²) in [5.74, 6) is -1.64. The van der Waals surface area contributed by atoms with E-state index < -0.39 is 35.4 Å². The summed E-state index contributed by atoms with van der Waals surface area (Å²) in [7, 11) is 0. The second-order valence-electron chi connectivity index (χ2n) is 11.7. The average Bonchev–Trinajstić information content (AvgIpc) is 3.45. The molecule has 0 spiro atoms. The summed E-state index contributed by atoms with van der Waals surface area (Å²) in [5, 5.41) is 0. The standard InChI is InChI=1S/C41H31F4N2/c42-34-19-7-15-30(23-34)38(31-16-8-20-35(43)24-31)46-27-47(39(32-17-9-21-36(44)25-32)33-18-10-22-37(45)26-33)41(29-13-5-2-6-14-29)40(46)28-11-3-1-4-12-28/h1-27,38-41H/q+1/t40-,41-/m0/s1. The van der Waals surface area contributed by atoms with E-state index in [0.29, 0.717) is 22.3 Å². The highest BCUT2D eigenvalue weighted by Crippen LogP contribution is 2.49. The topological polar surface area (TPSA) is 6.25 Å². The fourth-order valence-electron chi connectivity index (χ4n) is 6.87. The highest BCUT2D eigenvalue weighted by Gasteiger charge is 2.50. The van der Waals surface area contributed by atoms with Gasteiger partial charge >= 0.3 is 0 Å². The molecule has 1 aliphatic heterocycles. The minimum atomic E-state index is -0.622. The van der Waals surface area contributed by atoms with Crippen molar-refractivity contribution in [1.29, 1.82) is 0 Å². The van der Waals surface area contributed by atoms with Crippen LogP contribution in [0.25, 0.3) is 0 Å². The largest absolute Gasteiger partial charge is 0.245 e. The quantitative estimate of drug-likeness (QED) is 0.120. The molecule has 1 aliphatic rings. The summed E-state index contributed by atoms with van der Waals surface area (Å²) in [6, 6.07) is 43.3. The lowest BCUT2D eigenvalue weighted by atomic mass is 9.88. The van der Waals surface area contributed by atoms with Crippen LogP contribution < -0.4 is 0 Å². The van der Waals surface area contributed by atoms with Gasteiger partial charge in [0.15, 0.2) is 12.1 Å². The first-order valence-corrected chi connectivity index (χ1v) is 15.5. The molecule has 2 nitrogen and oxygen atoms in total. The van der Waals surface area contributed by atoms with Crippen LogP contribution in [0.1, 0.15) is 57.5 Å². The molecule has 0 amide bonds. The Balaban J connectivity index is 1.54. The van der Waals surface area contributed by atoms with E-state index in [2.05, 4.69) is 9.48 Å². The van der Waals surface area contributed by atoms with Gasteiger partial charge in [-0.3, -0.25) is 0 Å². The number of benzene rings is 6. The third-order valence-corrected chi connectivity index (χ3v) is 8.74. The van der Waals surface area contributed by atoms with Gasteiger partial charge in [-0.2, -0.15) is 0 Å². The highest BCUT2D eigenvalue weighted by atomic mass is 19.1. The van der Waals surface area contributed by atoms with Crippen molar-refractivity contribution in [3.63, 3.8) is 0 Å². The van der Waals surface area contributed by atoms with Crippen LogP contribution in [0.4, 0.5) is 17.6 Å². The summed E-state index contributed by atoms with van der Waals surface area (Å²) < 4.78 is 61.8. The van der Waals surface area contributed by atoms with E-state index in [1.807, 2.05) is 91.3 Å². The van der Waals surface area contributed by atoms with Crippen LogP contribution in [0.2, 0.25) is 0 Å². The van der Waals surface area contributed by atoms with Gasteiger partial charge in [0.05, 0.1) is 0 Å². The molecular formula is C41H31F4N2+. The molecule has 7 rings (SSSR count). The molecule has 0 fully saturated rings. The van der Waals surface area contributed by atoms with Gasteiger partial charge in [-0.15, -0.1) is 0 Å². The summed E-state index contributed by atoms with van der Waals surface area (Å²) in [4.78, 5) is 2.13. The van der Waals surface area contributed by atoms with E-state index in [1.165, 1.54) is 48.5 Å². The Labute approximate surface area is 271 Å². The molecule has 1 heterocycles. The molecule has 6 aromatic carbocycles. The third-order valence-electron chi connectivity index (χ3n) is 8.74. The molecule has 0 bridgehead atoms. The zero-order valence-electron chi connectivity index (χ0n) is 25.3. The monoisotopic (exact) mass is 627 g/mol. The minimum absolute atomic E-state index is 0.389. The Morgan fingerprint density at radius 2 is 0.851 bits per heavy atom. The van der Waals surface area contributed by atoms with E-state index in [-0.39, 0.29) is 12.1 Å². The maximum atomic E-state index is 14.9. The summed E-state index contributed by atoms with van der Waals surface area (Å²) in [6.07, 6.45) is 1.97. The van der Waals surface area contributed by atoms with E-state index >= 15 is 0 Å². The molecule has 232 valence electrons. The van der Waals surface area contributed by atoms with Crippen molar-refractivity contribution in [1.82, 2.24) is 4.90 Å². The molecule has 0 saturated carbocycles. The first kappa shape index (κ1) is 30.2. The molecule has 6 aromatic rings. The van der Waals surface area contributed by atoms with Crippen LogP contribution in [-0.4, -0.2) is 15.8 Å². The number of rotatable bonds is 8. The lowest BCUT2D eigenvalue weighted by Gasteiger charge is -2.31. The lowest BCUT2D eigenvalue weighted by Crippen LogP contribution is -2.31. The number of hydrogen-bond donors (Lipinski definition) is 0. The molecule has 2 atom stereocenters. The van der Waals surface area contributed by atoms with Crippen LogP contribution in [0.15, 0.2) is 158 Å². The smallest absolute Gasteiger partial charge is 0.237 e. The van der Waals surface area contributed by atoms with Crippen molar-refractivity contribution in [3.8, 4) is 0 Å². The normalized spacial score (nSPS) is 16.1. The number of halogens is 4. The molecule has 0 aliphatic carbocycles. The first-order valence-electron chi connectivity index (χ1n) is 15.5. The van der Waals surface area contributed by atoms with Crippen molar-refractivity contribution in [2.45, 2.75) is 24.2 Å². The zero-order chi connectivity index (χ0) is 32.3. The van der Waals surface area contributed by atoms with Crippen molar-refractivity contribution < 1.29 is 22.1 Å². The van der Waals surface area contributed by atoms with Gasteiger partial charge in [0, 0.05) is 33.4 Å². The Morgan fingerprint density at radius 1 is 0.447 bits per heavy atom. The molecule has 0 N–H and O–H groups in total. The Morgan fingerprint density at radius 3 is 1.30 bits per heavy atom. The van der Waals surface area contributed by atoms with E-state index in [4.69, 9.17) is 0 Å². The first-order chi connectivity index (χ1) is 23.0. The van der Waals surface area contributed by atoms with Crippen LogP contribution >= 0.6 is 0 Å². The second kappa shape index (κ2) is 13.1. The number of nitrogens with zero attached hydrogens (tertiary/aromatic N) is 2. The third kappa shape index (κ3) is 6.19. The van der Waals surface area contributed by atoms with Gasteiger partial charge in [-0.05, 0) is 48.5 Å². The molecule has 0 unspecified atom stereocenters. The molecule has 47 heavy (non-hydrogen) atoms. The van der Waals surface area contributed by atoms with Gasteiger partial charge in [0.25, 0.3) is 0 Å². The van der Waals surface area contributed by atoms with Gasteiger partial charge in [0.1, 0.15) is 35.4 Å². The minimum Gasteiger partial charge on any atom is -0.245 e. The van der Waals surface area contributed by atoms with Gasteiger partial charge in [-0.25, -0.2) is 27.0 Å². The average molecular weight is 628 g/mol. The highest BCUT2D eigenvalue weighted by molar-refractivity contribution is 5.58. The fourth-order valence-corrected chi connectivity index (χ4v) is 6.87. The van der Waals surface area contributed by atoms with Gasteiger partial charge in [0.2, 0.25) is 6.34 Å². The fraction of sp³-hybridized carbons (Fsp3) is 0.0976. The van der Waals surface area contributed by atoms with Crippen molar-refractivity contribution in [2.75, 3.05) is 0 Å². The van der Waals surface area contributed by atoms with E-state index in [0.717, 1.165) is 11.1 Å². The summed E-state index contributed by atoms with van der Waals surface area (Å²) in [5.41, 5.74) is 4.47. The zero-order valence-corrected chi connectivity index (χ0v) is 25.3. The second-order valence-corrected chi connectivity index (χ2v) is 11.7. The van der Waals surface area contributed by atoms with E-state index in [1.54, 1.807) is 24.3 Å². The summed E-state index contributed by atoms with van der Waals surface area (Å²) in [6.45, 7) is 0. The Bertz CT molecular complexity index is 1940. The van der Waals surface area contributed by atoms with Crippen LogP contribution in [-0.2, 0) is 0 Å². The van der Waals surface area contributed by atoms with Crippen molar-refractivity contribution in [3.05, 3.63) is 214 Å². The maximum absolute atomic E-state index is 14.9. The van der Waals surface area contributed by atoms with Crippen molar-refractivity contribution in [2.24, 2.45) is 0 Å². The SMILES string of the molecule is Fc1cccc(C(c2cccc(F)c2)N2C=[N+](C(c3cccc(F)c3)c3cccc(F)c3)[C@@H](c3ccccc3)[C@@H]2c2ccccc2)c1. The molecule has 0 aromatic heterocycles. The molecular weight excluding hydrogens is 596 g/mol. The van der Waals surface area contributed by atoms with Crippen LogP contribution in [0, 0.1) is 23.3 Å². The van der Waals surface area contributed by atoms with Crippen LogP contribution in [0.5, 0.6) is 0 Å². The van der Waals surface area contributed by atoms with Gasteiger partial charge < -0.3 is 0 Å². The van der Waals surface area contributed by atoms with Gasteiger partial charge in [-0.1, -0.05) is 109 Å². The molecule has 0 radical (unpaired) electrons. The Hall–Kier alpha value is -5.49. The summed E-state index contributed by atoms with van der Waals surface area (Å²) >= 11 is 0. The van der Waals surface area contributed by atoms with Crippen molar-refractivity contribution >= 4 is 6.34 Å². The van der Waals surface area contributed by atoms with E-state index in [9.17, 15) is 17.6 Å². The lowest BCUT2D eigenvalue weighted by molar-refractivity contribution is -0.596. The maximum Gasteiger partial charge on any atom is 0.237 e. The predicted octanol–water partition coefficient (Wildman–Crippen LogP) is 9.96. The van der Waals surface area contributed by atoms with Crippen LogP contribution in [0.3, 0.4) is 0 Å². The Kier molecular flexibility index (Phi) is 8.40. The molecule has 0 saturated heterocycles. The predicted molar refractivity (Wildman–Crippen MR) is 176 cm³/mol. The number of hydrogen-bond acceptors (Lipinski definition) is 1.